The predicted molar refractivity (Wildman–Crippen MR) is 67.8 cm³/mol. The predicted octanol–water partition coefficient (Wildman–Crippen LogP) is 1.77. The van der Waals surface area contributed by atoms with Crippen LogP contribution >= 0.6 is 0 Å². The molecule has 0 spiro atoms. The van der Waals surface area contributed by atoms with Crippen molar-refractivity contribution in [3.63, 3.8) is 0 Å². The van der Waals surface area contributed by atoms with Gasteiger partial charge in [0.2, 0.25) is 0 Å². The van der Waals surface area contributed by atoms with E-state index in [1.807, 2.05) is 26.1 Å². The topological polar surface area (TPSA) is 82.8 Å². The Balaban J connectivity index is 2.26. The van der Waals surface area contributed by atoms with Gasteiger partial charge in [0.05, 0.1) is 22.5 Å². The normalized spacial score (nSPS) is 11.2. The summed E-state index contributed by atoms with van der Waals surface area (Å²) in [5, 5.41) is 8.90. The number of pyridine rings is 1. The first-order chi connectivity index (χ1) is 8.70. The van der Waals surface area contributed by atoms with Crippen LogP contribution in [0.4, 0.5) is 5.69 Å². The van der Waals surface area contributed by atoms with Crippen LogP contribution in [0.3, 0.4) is 0 Å². The van der Waals surface area contributed by atoms with Crippen LogP contribution in [0.1, 0.15) is 12.6 Å². The molecule has 0 bridgehead atoms. The molecule has 3 heterocycles. The molecule has 0 amide bonds. The van der Waals surface area contributed by atoms with Gasteiger partial charge < -0.3 is 10.3 Å². The molecule has 0 unspecified atom stereocenters. The zero-order valence-electron chi connectivity index (χ0n) is 10.2. The van der Waals surface area contributed by atoms with Crippen LogP contribution in [0.15, 0.2) is 22.9 Å². The van der Waals surface area contributed by atoms with Crippen molar-refractivity contribution in [2.75, 3.05) is 5.73 Å². The van der Waals surface area contributed by atoms with Crippen molar-refractivity contribution in [2.45, 2.75) is 13.3 Å². The highest BCUT2D eigenvalue weighted by Crippen LogP contribution is 2.28. The van der Waals surface area contributed by atoms with E-state index in [0.29, 0.717) is 11.4 Å². The first kappa shape index (κ1) is 10.8. The summed E-state index contributed by atoms with van der Waals surface area (Å²) >= 11 is 0. The van der Waals surface area contributed by atoms with Crippen LogP contribution in [-0.4, -0.2) is 19.9 Å². The lowest BCUT2D eigenvalue weighted by Gasteiger charge is -2.03. The summed E-state index contributed by atoms with van der Waals surface area (Å²) in [5.41, 5.74) is 9.63. The van der Waals surface area contributed by atoms with Gasteiger partial charge in [-0.15, -0.1) is 0 Å². The molecule has 0 atom stereocenters. The molecule has 18 heavy (non-hydrogen) atoms. The molecule has 92 valence electrons. The van der Waals surface area contributed by atoms with Crippen molar-refractivity contribution >= 4 is 16.8 Å². The molecular weight excluding hydrogens is 230 g/mol. The Morgan fingerprint density at radius 1 is 1.44 bits per heavy atom. The second-order valence-electron chi connectivity index (χ2n) is 4.10. The van der Waals surface area contributed by atoms with Gasteiger partial charge in [0.15, 0.2) is 0 Å². The molecule has 3 rings (SSSR count). The third-order valence-electron chi connectivity index (χ3n) is 2.97. The molecule has 0 aliphatic rings. The highest BCUT2D eigenvalue weighted by molar-refractivity contribution is 5.91. The van der Waals surface area contributed by atoms with Gasteiger partial charge in [0.25, 0.3) is 5.71 Å². The van der Waals surface area contributed by atoms with E-state index in [0.717, 1.165) is 28.9 Å². The fourth-order valence-corrected chi connectivity index (χ4v) is 2.04. The van der Waals surface area contributed by atoms with Crippen LogP contribution < -0.4 is 5.73 Å². The largest absolute Gasteiger partial charge is 0.398 e. The third-order valence-corrected chi connectivity index (χ3v) is 2.97. The van der Waals surface area contributed by atoms with E-state index in [2.05, 4.69) is 15.2 Å². The van der Waals surface area contributed by atoms with Crippen LogP contribution in [-0.2, 0) is 13.5 Å². The first-order valence-corrected chi connectivity index (χ1v) is 5.74. The zero-order chi connectivity index (χ0) is 12.7. The maximum Gasteiger partial charge on any atom is 0.260 e. The smallest absolute Gasteiger partial charge is 0.260 e. The number of aromatic nitrogens is 4. The van der Waals surface area contributed by atoms with Gasteiger partial charge in [-0.2, -0.15) is 5.10 Å². The number of hydrogen-bond donors (Lipinski definition) is 1. The van der Waals surface area contributed by atoms with Crippen molar-refractivity contribution in [3.05, 3.63) is 24.0 Å². The Morgan fingerprint density at radius 2 is 2.28 bits per heavy atom. The van der Waals surface area contributed by atoms with Gasteiger partial charge in [-0.05, 0) is 18.6 Å². The van der Waals surface area contributed by atoms with E-state index in [1.165, 1.54) is 0 Å². The Hall–Kier alpha value is -2.37. The lowest BCUT2D eigenvalue weighted by Crippen LogP contribution is -1.97. The van der Waals surface area contributed by atoms with Gasteiger partial charge in [-0.3, -0.25) is 4.68 Å². The van der Waals surface area contributed by atoms with E-state index in [9.17, 15) is 0 Å². The molecule has 0 aliphatic carbocycles. The number of nitrogens with two attached hydrogens (primary N) is 1. The van der Waals surface area contributed by atoms with Crippen molar-refractivity contribution < 1.29 is 4.52 Å². The van der Waals surface area contributed by atoms with Gasteiger partial charge in [-0.25, -0.2) is 4.98 Å². The third kappa shape index (κ3) is 1.46. The van der Waals surface area contributed by atoms with E-state index in [-0.39, 0.29) is 0 Å². The molecule has 0 aliphatic heterocycles. The molecule has 0 fully saturated rings. The fraction of sp³-hybridized carbons (Fsp3) is 0.250. The molecule has 0 aromatic carbocycles. The number of anilines is 1. The van der Waals surface area contributed by atoms with Crippen LogP contribution in [0.25, 0.3) is 22.5 Å². The quantitative estimate of drug-likeness (QED) is 0.741. The van der Waals surface area contributed by atoms with E-state index in [1.54, 1.807) is 10.9 Å². The number of nitrogen functional groups attached to an aromatic ring is 1. The highest BCUT2D eigenvalue weighted by Gasteiger charge is 2.14. The highest BCUT2D eigenvalue weighted by atomic mass is 16.5. The minimum absolute atomic E-state index is 0.475. The molecule has 0 radical (unpaired) electrons. The van der Waals surface area contributed by atoms with Crippen LogP contribution in [0.2, 0.25) is 0 Å². The molecular formula is C12H13N5O. The van der Waals surface area contributed by atoms with Crippen molar-refractivity contribution in [3.8, 4) is 11.4 Å². The maximum atomic E-state index is 6.06. The Bertz CT molecular complexity index is 712. The molecule has 0 saturated carbocycles. The van der Waals surface area contributed by atoms with E-state index >= 15 is 0 Å². The van der Waals surface area contributed by atoms with Crippen molar-refractivity contribution in [1.29, 1.82) is 0 Å². The zero-order valence-corrected chi connectivity index (χ0v) is 10.2. The van der Waals surface area contributed by atoms with Gasteiger partial charge in [0.1, 0.15) is 0 Å². The standard InChI is InChI=1S/C12H13N5O/c1-3-8-11-7(13)6-9(15-12(11)18-16-8)10-4-5-14-17(10)2/h4-6H,3H2,1-2H3,(H2,13,15). The SMILES string of the molecule is CCc1noc2nc(-c3ccnn3C)cc(N)c12. The number of aryl methyl sites for hydroxylation is 2. The summed E-state index contributed by atoms with van der Waals surface area (Å²) in [5.74, 6) is 0. The minimum Gasteiger partial charge on any atom is -0.398 e. The fourth-order valence-electron chi connectivity index (χ4n) is 2.04. The molecule has 6 heteroatoms. The molecule has 3 aromatic rings. The summed E-state index contributed by atoms with van der Waals surface area (Å²) in [6.45, 7) is 2.01. The maximum absolute atomic E-state index is 6.06. The summed E-state index contributed by atoms with van der Waals surface area (Å²) in [4.78, 5) is 4.44. The van der Waals surface area contributed by atoms with Crippen molar-refractivity contribution in [1.82, 2.24) is 19.9 Å². The number of hydrogen-bond acceptors (Lipinski definition) is 5. The lowest BCUT2D eigenvalue weighted by molar-refractivity contribution is 0.440. The number of nitrogens with zero attached hydrogens (tertiary/aromatic N) is 4. The van der Waals surface area contributed by atoms with Crippen molar-refractivity contribution in [2.24, 2.45) is 7.05 Å². The van der Waals surface area contributed by atoms with Crippen LogP contribution in [0, 0.1) is 0 Å². The molecule has 2 N–H and O–H groups in total. The number of rotatable bonds is 2. The summed E-state index contributed by atoms with van der Waals surface area (Å²) in [7, 11) is 1.86. The Morgan fingerprint density at radius 3 is 2.94 bits per heavy atom. The molecule has 6 nitrogen and oxygen atoms in total. The summed E-state index contributed by atoms with van der Waals surface area (Å²) in [6, 6.07) is 3.71. The van der Waals surface area contributed by atoms with Gasteiger partial charge in [-0.1, -0.05) is 12.1 Å². The first-order valence-electron chi connectivity index (χ1n) is 5.74. The average Bonchev–Trinajstić information content (AvgIpc) is 2.94. The number of fused-ring (bicyclic) bond motifs is 1. The summed E-state index contributed by atoms with van der Waals surface area (Å²) in [6.07, 6.45) is 2.49. The van der Waals surface area contributed by atoms with E-state index in [4.69, 9.17) is 10.3 Å². The van der Waals surface area contributed by atoms with Crippen LogP contribution in [0.5, 0.6) is 0 Å². The molecule has 3 aromatic heterocycles. The lowest BCUT2D eigenvalue weighted by atomic mass is 10.1. The summed E-state index contributed by atoms with van der Waals surface area (Å²) < 4.78 is 6.97. The Kier molecular flexibility index (Phi) is 2.29. The average molecular weight is 243 g/mol. The van der Waals surface area contributed by atoms with Gasteiger partial charge >= 0.3 is 0 Å². The minimum atomic E-state index is 0.475. The second-order valence-corrected chi connectivity index (χ2v) is 4.10. The van der Waals surface area contributed by atoms with E-state index < -0.39 is 0 Å². The monoisotopic (exact) mass is 243 g/mol. The van der Waals surface area contributed by atoms with Gasteiger partial charge in [0, 0.05) is 18.9 Å². The molecule has 0 saturated heterocycles. The second kappa shape index (κ2) is 3.83. The Labute approximate surface area is 103 Å².